The van der Waals surface area contributed by atoms with E-state index in [2.05, 4.69) is 4.98 Å². The number of aliphatic hydroxyl groups excluding tert-OH is 1. The zero-order chi connectivity index (χ0) is 9.84. The quantitative estimate of drug-likeness (QED) is 0.783. The molecule has 1 N–H and O–H groups in total. The molecule has 0 aliphatic heterocycles. The van der Waals surface area contributed by atoms with Gasteiger partial charge < -0.3 is 9.84 Å². The van der Waals surface area contributed by atoms with Crippen molar-refractivity contribution < 1.29 is 18.6 Å². The Bertz CT molecular complexity index is 291. The second-order valence-electron chi connectivity index (χ2n) is 2.37. The second-order valence-corrected chi connectivity index (χ2v) is 2.37. The van der Waals surface area contributed by atoms with Gasteiger partial charge in [0.25, 0.3) is 6.43 Å². The van der Waals surface area contributed by atoms with Crippen LogP contribution in [-0.2, 0) is 6.61 Å². The van der Waals surface area contributed by atoms with Crippen molar-refractivity contribution in [3.8, 4) is 5.75 Å². The molecule has 1 aromatic rings. The fourth-order valence-electron chi connectivity index (χ4n) is 1.02. The molecule has 72 valence electrons. The van der Waals surface area contributed by atoms with Crippen molar-refractivity contribution in [3.05, 3.63) is 23.5 Å². The summed E-state index contributed by atoms with van der Waals surface area (Å²) >= 11 is 0. The highest BCUT2D eigenvalue weighted by Crippen LogP contribution is 2.28. The van der Waals surface area contributed by atoms with E-state index in [-0.39, 0.29) is 16.9 Å². The van der Waals surface area contributed by atoms with Crippen LogP contribution in [0.4, 0.5) is 8.78 Å². The van der Waals surface area contributed by atoms with Crippen LogP contribution < -0.4 is 4.74 Å². The van der Waals surface area contributed by atoms with Crippen molar-refractivity contribution in [1.29, 1.82) is 0 Å². The molecule has 0 bridgehead atoms. The molecule has 1 heterocycles. The number of pyridine rings is 1. The number of aromatic nitrogens is 1. The highest BCUT2D eigenvalue weighted by atomic mass is 19.3. The molecule has 3 nitrogen and oxygen atoms in total. The van der Waals surface area contributed by atoms with Crippen molar-refractivity contribution in [1.82, 2.24) is 4.98 Å². The highest BCUT2D eigenvalue weighted by Gasteiger charge is 2.16. The molecule has 0 aliphatic rings. The van der Waals surface area contributed by atoms with E-state index in [1.165, 1.54) is 13.3 Å². The molecule has 0 unspecified atom stereocenters. The molecule has 0 atom stereocenters. The topological polar surface area (TPSA) is 42.4 Å². The van der Waals surface area contributed by atoms with Crippen LogP contribution in [0.5, 0.6) is 5.75 Å². The molecule has 0 fully saturated rings. The monoisotopic (exact) mass is 189 g/mol. The van der Waals surface area contributed by atoms with Gasteiger partial charge in [-0.05, 0) is 0 Å². The zero-order valence-corrected chi connectivity index (χ0v) is 7.00. The van der Waals surface area contributed by atoms with E-state index in [0.29, 0.717) is 0 Å². The minimum atomic E-state index is -2.65. The first-order valence-electron chi connectivity index (χ1n) is 3.60. The van der Waals surface area contributed by atoms with Crippen LogP contribution in [0.2, 0.25) is 0 Å². The van der Waals surface area contributed by atoms with Crippen LogP contribution in [0.1, 0.15) is 17.6 Å². The molecule has 0 aromatic carbocycles. The summed E-state index contributed by atoms with van der Waals surface area (Å²) in [4.78, 5) is 3.57. The van der Waals surface area contributed by atoms with E-state index in [0.717, 1.165) is 6.20 Å². The van der Waals surface area contributed by atoms with Gasteiger partial charge in [-0.1, -0.05) is 0 Å². The van der Waals surface area contributed by atoms with Crippen LogP contribution in [0.25, 0.3) is 0 Å². The van der Waals surface area contributed by atoms with Crippen molar-refractivity contribution in [2.45, 2.75) is 13.0 Å². The standard InChI is InChI=1S/C8H9F2NO2/c1-13-7-3-11-2-5(8(9)10)6(7)4-12/h2-3,8,12H,4H2,1H3. The first-order valence-corrected chi connectivity index (χ1v) is 3.60. The number of aliphatic hydroxyl groups is 1. The smallest absolute Gasteiger partial charge is 0.265 e. The van der Waals surface area contributed by atoms with Gasteiger partial charge in [0, 0.05) is 17.3 Å². The van der Waals surface area contributed by atoms with E-state index in [9.17, 15) is 8.78 Å². The number of rotatable bonds is 3. The lowest BCUT2D eigenvalue weighted by atomic mass is 10.1. The average Bonchev–Trinajstić information content (AvgIpc) is 2.16. The minimum Gasteiger partial charge on any atom is -0.495 e. The number of hydrogen-bond acceptors (Lipinski definition) is 3. The summed E-state index contributed by atoms with van der Waals surface area (Å²) in [6.07, 6.45) is -0.333. The summed E-state index contributed by atoms with van der Waals surface area (Å²) in [5.74, 6) is 0.181. The predicted molar refractivity (Wildman–Crippen MR) is 41.7 cm³/mol. The van der Waals surface area contributed by atoms with E-state index in [1.807, 2.05) is 0 Å². The Kier molecular flexibility index (Phi) is 3.13. The van der Waals surface area contributed by atoms with E-state index < -0.39 is 13.0 Å². The lowest BCUT2D eigenvalue weighted by molar-refractivity contribution is 0.145. The fourth-order valence-corrected chi connectivity index (χ4v) is 1.02. The Morgan fingerprint density at radius 3 is 2.69 bits per heavy atom. The maximum Gasteiger partial charge on any atom is 0.265 e. The van der Waals surface area contributed by atoms with Crippen LogP contribution >= 0.6 is 0 Å². The minimum absolute atomic E-state index is 0.0903. The maximum atomic E-state index is 12.3. The van der Waals surface area contributed by atoms with Crippen LogP contribution in [0, 0.1) is 0 Å². The van der Waals surface area contributed by atoms with E-state index in [1.54, 1.807) is 0 Å². The molecule has 0 aliphatic carbocycles. The Morgan fingerprint density at radius 2 is 2.23 bits per heavy atom. The molecule has 13 heavy (non-hydrogen) atoms. The van der Waals surface area contributed by atoms with E-state index in [4.69, 9.17) is 9.84 Å². The summed E-state index contributed by atoms with van der Waals surface area (Å²) in [6, 6.07) is 0. The highest BCUT2D eigenvalue weighted by molar-refractivity contribution is 5.37. The van der Waals surface area contributed by atoms with Crippen molar-refractivity contribution in [2.75, 3.05) is 7.11 Å². The number of ether oxygens (including phenoxy) is 1. The molecule has 1 aromatic heterocycles. The lowest BCUT2D eigenvalue weighted by Crippen LogP contribution is -1.99. The third-order valence-electron chi connectivity index (χ3n) is 1.66. The lowest BCUT2D eigenvalue weighted by Gasteiger charge is -2.09. The molecular weight excluding hydrogens is 180 g/mol. The molecule has 0 amide bonds. The number of alkyl halides is 2. The normalized spacial score (nSPS) is 10.5. The van der Waals surface area contributed by atoms with Crippen LogP contribution in [0.3, 0.4) is 0 Å². The molecule has 0 saturated heterocycles. The van der Waals surface area contributed by atoms with Gasteiger partial charge in [0.1, 0.15) is 5.75 Å². The first-order chi connectivity index (χ1) is 6.20. The summed E-state index contributed by atoms with van der Waals surface area (Å²) in [7, 11) is 1.34. The summed E-state index contributed by atoms with van der Waals surface area (Å²) < 4.78 is 29.4. The predicted octanol–water partition coefficient (Wildman–Crippen LogP) is 1.52. The van der Waals surface area contributed by atoms with Crippen LogP contribution in [-0.4, -0.2) is 17.2 Å². The van der Waals surface area contributed by atoms with Gasteiger partial charge in [-0.25, -0.2) is 8.78 Å². The van der Waals surface area contributed by atoms with Gasteiger partial charge in [0.15, 0.2) is 0 Å². The SMILES string of the molecule is COc1cncc(C(F)F)c1CO. The maximum absolute atomic E-state index is 12.3. The largest absolute Gasteiger partial charge is 0.495 e. The van der Waals surface area contributed by atoms with Crippen molar-refractivity contribution in [3.63, 3.8) is 0 Å². The van der Waals surface area contributed by atoms with Gasteiger partial charge in [-0.15, -0.1) is 0 Å². The molecule has 5 heteroatoms. The van der Waals surface area contributed by atoms with E-state index >= 15 is 0 Å². The first kappa shape index (κ1) is 9.85. The van der Waals surface area contributed by atoms with Crippen molar-refractivity contribution >= 4 is 0 Å². The molecule has 0 spiro atoms. The van der Waals surface area contributed by atoms with Gasteiger partial charge >= 0.3 is 0 Å². The van der Waals surface area contributed by atoms with Gasteiger partial charge in [-0.3, -0.25) is 4.98 Å². The Labute approximate surface area is 74.0 Å². The third kappa shape index (κ3) is 1.92. The molecule has 0 saturated carbocycles. The number of nitrogens with zero attached hydrogens (tertiary/aromatic N) is 1. The Balaban J connectivity index is 3.19. The zero-order valence-electron chi connectivity index (χ0n) is 7.00. The molecular formula is C8H9F2NO2. The number of halogens is 2. The summed E-state index contributed by atoms with van der Waals surface area (Å²) in [5.41, 5.74) is -0.200. The van der Waals surface area contributed by atoms with Gasteiger partial charge in [0.05, 0.1) is 19.9 Å². The number of hydrogen-bond donors (Lipinski definition) is 1. The van der Waals surface area contributed by atoms with Crippen molar-refractivity contribution in [2.24, 2.45) is 0 Å². The summed E-state index contributed by atoms with van der Waals surface area (Å²) in [6.45, 7) is -0.481. The fraction of sp³-hybridized carbons (Fsp3) is 0.375. The molecule has 1 rings (SSSR count). The second kappa shape index (κ2) is 4.13. The van der Waals surface area contributed by atoms with Crippen LogP contribution in [0.15, 0.2) is 12.4 Å². The Hall–Kier alpha value is -1.23. The average molecular weight is 189 g/mol. The molecule has 0 radical (unpaired) electrons. The third-order valence-corrected chi connectivity index (χ3v) is 1.66. The Morgan fingerprint density at radius 1 is 1.54 bits per heavy atom. The van der Waals surface area contributed by atoms with Gasteiger partial charge in [-0.2, -0.15) is 0 Å². The summed E-state index contributed by atoms with van der Waals surface area (Å²) in [5, 5.41) is 8.84. The number of methoxy groups -OCH3 is 1. The van der Waals surface area contributed by atoms with Gasteiger partial charge in [0.2, 0.25) is 0 Å².